The molecule has 2 aliphatic rings. The molecule has 0 saturated carbocycles. The summed E-state index contributed by atoms with van der Waals surface area (Å²) in [5, 5.41) is 6.30. The van der Waals surface area contributed by atoms with Crippen molar-refractivity contribution in [2.45, 2.75) is 46.5 Å². The fourth-order valence-corrected chi connectivity index (χ4v) is 4.70. The standard InChI is InChI=1S/C25H26BrN3O2/c1-14-5-7-16(8-6-14)22-21(24(31)29-20-10-9-17(26)13-27-20)15(2)28-18-11-25(3,4)12-19(30)23(18)22/h5-10,13,22,28H,11-12H2,1-4H3,(H,27,29,31)/t22-/m0/s1. The van der Waals surface area contributed by atoms with Crippen molar-refractivity contribution in [2.75, 3.05) is 5.32 Å². The summed E-state index contributed by atoms with van der Waals surface area (Å²) in [7, 11) is 0. The van der Waals surface area contributed by atoms with Crippen LogP contribution < -0.4 is 10.6 Å². The van der Waals surface area contributed by atoms with Crippen LogP contribution in [0, 0.1) is 12.3 Å². The van der Waals surface area contributed by atoms with Gasteiger partial charge in [0.2, 0.25) is 0 Å². The topological polar surface area (TPSA) is 71.1 Å². The normalized spacial score (nSPS) is 20.3. The summed E-state index contributed by atoms with van der Waals surface area (Å²) in [5.41, 5.74) is 4.94. The number of nitrogens with one attached hydrogen (secondary N) is 2. The van der Waals surface area contributed by atoms with Gasteiger partial charge < -0.3 is 10.6 Å². The lowest BCUT2D eigenvalue weighted by atomic mass is 9.68. The van der Waals surface area contributed by atoms with E-state index in [2.05, 4.69) is 45.4 Å². The fraction of sp³-hybridized carbons (Fsp3) is 0.320. The quantitative estimate of drug-likeness (QED) is 0.618. The summed E-state index contributed by atoms with van der Waals surface area (Å²) in [6.07, 6.45) is 2.88. The maximum Gasteiger partial charge on any atom is 0.255 e. The number of Topliss-reactive ketones (excluding diaryl/α,β-unsaturated/α-hetero) is 1. The zero-order valence-electron chi connectivity index (χ0n) is 18.2. The first-order valence-electron chi connectivity index (χ1n) is 10.4. The fourth-order valence-electron chi connectivity index (χ4n) is 4.46. The smallest absolute Gasteiger partial charge is 0.255 e. The minimum absolute atomic E-state index is 0.101. The van der Waals surface area contributed by atoms with Gasteiger partial charge in [-0.1, -0.05) is 43.7 Å². The van der Waals surface area contributed by atoms with Gasteiger partial charge in [-0.05, 0) is 59.3 Å². The van der Waals surface area contributed by atoms with Crippen molar-refractivity contribution in [1.82, 2.24) is 10.3 Å². The molecular weight excluding hydrogens is 454 g/mol. The molecule has 2 aromatic rings. The van der Waals surface area contributed by atoms with Gasteiger partial charge in [0.15, 0.2) is 5.78 Å². The molecular formula is C25H26BrN3O2. The van der Waals surface area contributed by atoms with Crippen molar-refractivity contribution in [3.63, 3.8) is 0 Å². The van der Waals surface area contributed by atoms with Crippen LogP contribution >= 0.6 is 15.9 Å². The molecule has 2 N–H and O–H groups in total. The number of carbonyl (C=O) groups excluding carboxylic acids is 2. The summed E-state index contributed by atoms with van der Waals surface area (Å²) in [6.45, 7) is 8.15. The number of hydrogen-bond acceptors (Lipinski definition) is 4. The number of ketones is 1. The molecule has 0 fully saturated rings. The van der Waals surface area contributed by atoms with Crippen LogP contribution in [0.3, 0.4) is 0 Å². The highest BCUT2D eigenvalue weighted by atomic mass is 79.9. The minimum Gasteiger partial charge on any atom is -0.362 e. The van der Waals surface area contributed by atoms with E-state index in [-0.39, 0.29) is 17.1 Å². The van der Waals surface area contributed by atoms with Crippen molar-refractivity contribution in [3.05, 3.63) is 80.7 Å². The summed E-state index contributed by atoms with van der Waals surface area (Å²) < 4.78 is 0.836. The van der Waals surface area contributed by atoms with E-state index < -0.39 is 5.92 Å². The molecule has 0 unspecified atom stereocenters. The Morgan fingerprint density at radius 2 is 1.84 bits per heavy atom. The Kier molecular flexibility index (Phi) is 5.60. The SMILES string of the molecule is CC1=C(C(=O)Nc2ccc(Br)cn2)[C@H](c2ccc(C)cc2)C2=C(CC(C)(C)CC2=O)N1. The summed E-state index contributed by atoms with van der Waals surface area (Å²) >= 11 is 3.36. The monoisotopic (exact) mass is 479 g/mol. The highest BCUT2D eigenvalue weighted by molar-refractivity contribution is 9.10. The number of anilines is 1. The van der Waals surface area contributed by atoms with Gasteiger partial charge in [0.25, 0.3) is 5.91 Å². The highest BCUT2D eigenvalue weighted by Gasteiger charge is 2.42. The third-order valence-corrected chi connectivity index (χ3v) is 6.33. The lowest BCUT2D eigenvalue weighted by molar-refractivity contribution is -0.118. The number of rotatable bonds is 3. The van der Waals surface area contributed by atoms with Gasteiger partial charge in [0.05, 0.1) is 0 Å². The van der Waals surface area contributed by atoms with Crippen LogP contribution in [0.4, 0.5) is 5.82 Å². The number of allylic oxidation sites excluding steroid dienone is 3. The number of benzene rings is 1. The van der Waals surface area contributed by atoms with Crippen LogP contribution in [-0.4, -0.2) is 16.7 Å². The molecule has 0 radical (unpaired) electrons. The lowest BCUT2D eigenvalue weighted by Gasteiger charge is -2.39. The third kappa shape index (κ3) is 4.35. The Labute approximate surface area is 191 Å². The van der Waals surface area contributed by atoms with Gasteiger partial charge in [-0.2, -0.15) is 0 Å². The van der Waals surface area contributed by atoms with Crippen LogP contribution in [-0.2, 0) is 9.59 Å². The molecule has 4 rings (SSSR count). The van der Waals surface area contributed by atoms with Crippen LogP contribution in [0.15, 0.2) is 69.6 Å². The average molecular weight is 480 g/mol. The molecule has 31 heavy (non-hydrogen) atoms. The van der Waals surface area contributed by atoms with Crippen LogP contribution in [0.5, 0.6) is 0 Å². The number of aromatic nitrogens is 1. The first-order valence-corrected chi connectivity index (χ1v) is 11.2. The number of halogens is 1. The van der Waals surface area contributed by atoms with Crippen molar-refractivity contribution in [3.8, 4) is 0 Å². The molecule has 1 atom stereocenters. The van der Waals surface area contributed by atoms with Gasteiger partial charge in [0, 0.05) is 45.5 Å². The molecule has 160 valence electrons. The van der Waals surface area contributed by atoms with E-state index in [9.17, 15) is 9.59 Å². The van der Waals surface area contributed by atoms with E-state index in [1.165, 1.54) is 0 Å². The van der Waals surface area contributed by atoms with E-state index in [1.807, 2.05) is 44.2 Å². The molecule has 0 bridgehead atoms. The Morgan fingerprint density at radius 3 is 2.48 bits per heavy atom. The van der Waals surface area contributed by atoms with Crippen LogP contribution in [0.25, 0.3) is 0 Å². The Bertz CT molecular complexity index is 1110. The van der Waals surface area contributed by atoms with Gasteiger partial charge in [-0.25, -0.2) is 4.98 Å². The maximum absolute atomic E-state index is 13.4. The highest BCUT2D eigenvalue weighted by Crippen LogP contribution is 2.46. The van der Waals surface area contributed by atoms with Crippen molar-refractivity contribution >= 4 is 33.4 Å². The Morgan fingerprint density at radius 1 is 1.13 bits per heavy atom. The Hall–Kier alpha value is -2.73. The number of dihydropyridines is 1. The predicted octanol–water partition coefficient (Wildman–Crippen LogP) is 5.40. The number of nitrogens with zero attached hydrogens (tertiary/aromatic N) is 1. The predicted molar refractivity (Wildman–Crippen MR) is 125 cm³/mol. The molecule has 1 aliphatic heterocycles. The number of aryl methyl sites for hydroxylation is 1. The maximum atomic E-state index is 13.4. The number of hydrogen-bond donors (Lipinski definition) is 2. The van der Waals surface area contributed by atoms with E-state index in [4.69, 9.17) is 0 Å². The van der Waals surface area contributed by atoms with E-state index in [0.29, 0.717) is 23.4 Å². The van der Waals surface area contributed by atoms with E-state index >= 15 is 0 Å². The molecule has 1 aromatic heterocycles. The second kappa shape index (κ2) is 8.08. The first-order chi connectivity index (χ1) is 14.6. The number of amides is 1. The summed E-state index contributed by atoms with van der Waals surface area (Å²) in [6, 6.07) is 11.6. The number of pyridine rings is 1. The minimum atomic E-state index is -0.407. The summed E-state index contributed by atoms with van der Waals surface area (Å²) in [5.74, 6) is -0.0959. The molecule has 0 spiro atoms. The van der Waals surface area contributed by atoms with Crippen molar-refractivity contribution in [1.29, 1.82) is 0 Å². The lowest BCUT2D eigenvalue weighted by Crippen LogP contribution is -2.39. The zero-order chi connectivity index (χ0) is 22.3. The van der Waals surface area contributed by atoms with E-state index in [1.54, 1.807) is 12.3 Å². The van der Waals surface area contributed by atoms with Gasteiger partial charge in [-0.15, -0.1) is 0 Å². The van der Waals surface area contributed by atoms with Crippen molar-refractivity contribution < 1.29 is 9.59 Å². The second-order valence-corrected chi connectivity index (χ2v) is 10.1. The average Bonchev–Trinajstić information content (AvgIpc) is 2.68. The molecule has 5 nitrogen and oxygen atoms in total. The van der Waals surface area contributed by atoms with Gasteiger partial charge in [0.1, 0.15) is 5.82 Å². The summed E-state index contributed by atoms with van der Waals surface area (Å²) in [4.78, 5) is 31.0. The molecule has 1 aliphatic carbocycles. The molecule has 1 amide bonds. The van der Waals surface area contributed by atoms with Gasteiger partial charge >= 0.3 is 0 Å². The van der Waals surface area contributed by atoms with Crippen molar-refractivity contribution in [2.24, 2.45) is 5.41 Å². The molecule has 1 aromatic carbocycles. The third-order valence-electron chi connectivity index (χ3n) is 5.86. The Balaban J connectivity index is 1.79. The van der Waals surface area contributed by atoms with Gasteiger partial charge in [-0.3, -0.25) is 9.59 Å². The molecule has 2 heterocycles. The zero-order valence-corrected chi connectivity index (χ0v) is 19.8. The van der Waals surface area contributed by atoms with Crippen LogP contribution in [0.2, 0.25) is 0 Å². The number of carbonyl (C=O) groups is 2. The largest absolute Gasteiger partial charge is 0.362 e. The molecule has 6 heteroatoms. The van der Waals surface area contributed by atoms with Crippen LogP contribution in [0.1, 0.15) is 50.7 Å². The van der Waals surface area contributed by atoms with E-state index in [0.717, 1.165) is 33.4 Å². The second-order valence-electron chi connectivity index (χ2n) is 9.16. The first kappa shape index (κ1) is 21.5. The molecule has 0 saturated heterocycles.